The second-order valence-electron chi connectivity index (χ2n) is 6.90. The number of pyridine rings is 2. The number of para-hydroxylation sites is 1. The average Bonchev–Trinajstić information content (AvgIpc) is 2.62. The van der Waals surface area contributed by atoms with Crippen molar-refractivity contribution >= 4 is 43.6 Å². The van der Waals surface area contributed by atoms with Gasteiger partial charge in [-0.2, -0.15) is 0 Å². The van der Waals surface area contributed by atoms with E-state index in [0.717, 1.165) is 22.2 Å². The van der Waals surface area contributed by atoms with Crippen LogP contribution in [0, 0.1) is 13.8 Å². The van der Waals surface area contributed by atoms with Crippen molar-refractivity contribution in [2.24, 2.45) is 0 Å². The SMILES string of the molecule is Cc1ccc2c(=O)c3cc4[nH]c5c(C)cccc5c(=O)c4cc3[nH]c2c1. The van der Waals surface area contributed by atoms with Crippen LogP contribution in [0.1, 0.15) is 11.1 Å². The number of hydrogen-bond donors (Lipinski definition) is 2. The third kappa shape index (κ3) is 1.96. The molecule has 5 rings (SSSR count). The number of hydrogen-bond acceptors (Lipinski definition) is 2. The van der Waals surface area contributed by atoms with E-state index in [4.69, 9.17) is 0 Å². The maximum atomic E-state index is 13.0. The molecule has 0 spiro atoms. The van der Waals surface area contributed by atoms with E-state index in [2.05, 4.69) is 9.97 Å². The van der Waals surface area contributed by atoms with Gasteiger partial charge in [0.05, 0.1) is 16.6 Å². The number of aryl methyl sites for hydroxylation is 2. The summed E-state index contributed by atoms with van der Waals surface area (Å²) < 4.78 is 0. The van der Waals surface area contributed by atoms with Crippen molar-refractivity contribution < 1.29 is 0 Å². The predicted octanol–water partition coefficient (Wildman–Crippen LogP) is 4.29. The van der Waals surface area contributed by atoms with E-state index in [1.54, 1.807) is 12.1 Å². The topological polar surface area (TPSA) is 65.7 Å². The van der Waals surface area contributed by atoms with Gasteiger partial charge in [-0.1, -0.05) is 18.2 Å². The lowest BCUT2D eigenvalue weighted by atomic mass is 10.0. The molecule has 0 bridgehead atoms. The van der Waals surface area contributed by atoms with Crippen molar-refractivity contribution in [1.29, 1.82) is 0 Å². The molecule has 0 fully saturated rings. The summed E-state index contributed by atoms with van der Waals surface area (Å²) in [6.07, 6.45) is 0. The van der Waals surface area contributed by atoms with Crippen LogP contribution in [0.5, 0.6) is 0 Å². The lowest BCUT2D eigenvalue weighted by Crippen LogP contribution is -2.08. The van der Waals surface area contributed by atoms with Crippen molar-refractivity contribution in [2.75, 3.05) is 0 Å². The van der Waals surface area contributed by atoms with Crippen LogP contribution in [0.4, 0.5) is 0 Å². The molecular formula is C22H16N2O2. The summed E-state index contributed by atoms with van der Waals surface area (Å²) in [6.45, 7) is 3.95. The summed E-state index contributed by atoms with van der Waals surface area (Å²) in [5.41, 5.74) is 4.99. The molecule has 4 heteroatoms. The van der Waals surface area contributed by atoms with Crippen LogP contribution in [0.15, 0.2) is 58.1 Å². The van der Waals surface area contributed by atoms with E-state index in [9.17, 15) is 9.59 Å². The highest BCUT2D eigenvalue weighted by atomic mass is 16.1. The van der Waals surface area contributed by atoms with E-state index in [1.165, 1.54) is 0 Å². The minimum Gasteiger partial charge on any atom is -0.354 e. The van der Waals surface area contributed by atoms with E-state index in [0.29, 0.717) is 32.6 Å². The number of aromatic amines is 2. The molecule has 26 heavy (non-hydrogen) atoms. The molecule has 2 N–H and O–H groups in total. The van der Waals surface area contributed by atoms with Gasteiger partial charge in [0.1, 0.15) is 0 Å². The Balaban J connectivity index is 2.02. The highest BCUT2D eigenvalue weighted by Gasteiger charge is 2.11. The summed E-state index contributed by atoms with van der Waals surface area (Å²) in [7, 11) is 0. The molecule has 2 heterocycles. The molecular weight excluding hydrogens is 324 g/mol. The maximum Gasteiger partial charge on any atom is 0.197 e. The van der Waals surface area contributed by atoms with Crippen molar-refractivity contribution in [1.82, 2.24) is 9.97 Å². The molecule has 0 amide bonds. The van der Waals surface area contributed by atoms with Crippen LogP contribution < -0.4 is 10.9 Å². The Morgan fingerprint density at radius 1 is 0.654 bits per heavy atom. The van der Waals surface area contributed by atoms with Crippen molar-refractivity contribution in [3.05, 3.63) is 80.1 Å². The summed E-state index contributed by atoms with van der Waals surface area (Å²) in [5, 5.41) is 2.48. The van der Waals surface area contributed by atoms with Gasteiger partial charge in [-0.25, -0.2) is 0 Å². The first-order valence-electron chi connectivity index (χ1n) is 8.54. The molecule has 2 aromatic heterocycles. The van der Waals surface area contributed by atoms with Gasteiger partial charge in [-0.05, 0) is 55.3 Å². The highest BCUT2D eigenvalue weighted by Crippen LogP contribution is 2.23. The molecule has 0 aliphatic carbocycles. The Hall–Kier alpha value is -3.40. The molecule has 126 valence electrons. The average molecular weight is 340 g/mol. The summed E-state index contributed by atoms with van der Waals surface area (Å²) in [4.78, 5) is 32.6. The first-order chi connectivity index (χ1) is 12.5. The molecule has 4 nitrogen and oxygen atoms in total. The van der Waals surface area contributed by atoms with E-state index in [-0.39, 0.29) is 10.9 Å². The highest BCUT2D eigenvalue weighted by molar-refractivity contribution is 6.03. The maximum absolute atomic E-state index is 13.0. The largest absolute Gasteiger partial charge is 0.354 e. The lowest BCUT2D eigenvalue weighted by Gasteiger charge is -2.08. The number of nitrogens with one attached hydrogen (secondary N) is 2. The molecule has 0 aliphatic rings. The Labute approximate surface area is 148 Å². The Morgan fingerprint density at radius 3 is 2.08 bits per heavy atom. The fourth-order valence-corrected chi connectivity index (χ4v) is 3.73. The van der Waals surface area contributed by atoms with Crippen LogP contribution in [0.2, 0.25) is 0 Å². The van der Waals surface area contributed by atoms with Gasteiger partial charge >= 0.3 is 0 Å². The van der Waals surface area contributed by atoms with Crippen LogP contribution in [0.3, 0.4) is 0 Å². The summed E-state index contributed by atoms with van der Waals surface area (Å²) >= 11 is 0. The minimum absolute atomic E-state index is 0.0236. The molecule has 0 saturated carbocycles. The van der Waals surface area contributed by atoms with Crippen molar-refractivity contribution in [3.63, 3.8) is 0 Å². The second kappa shape index (κ2) is 5.05. The zero-order chi connectivity index (χ0) is 18.0. The van der Waals surface area contributed by atoms with Gasteiger partial charge in [0.15, 0.2) is 10.9 Å². The van der Waals surface area contributed by atoms with Crippen molar-refractivity contribution in [2.45, 2.75) is 13.8 Å². The monoisotopic (exact) mass is 340 g/mol. The summed E-state index contributed by atoms with van der Waals surface area (Å²) in [5.74, 6) is 0. The Bertz CT molecular complexity index is 1490. The predicted molar refractivity (Wildman–Crippen MR) is 107 cm³/mol. The van der Waals surface area contributed by atoms with Gasteiger partial charge in [0.25, 0.3) is 0 Å². The third-order valence-corrected chi connectivity index (χ3v) is 5.11. The molecule has 0 atom stereocenters. The third-order valence-electron chi connectivity index (χ3n) is 5.11. The van der Waals surface area contributed by atoms with Crippen molar-refractivity contribution in [3.8, 4) is 0 Å². The zero-order valence-electron chi connectivity index (χ0n) is 14.4. The fraction of sp³-hybridized carbons (Fsp3) is 0.0909. The number of benzene rings is 3. The first-order valence-corrected chi connectivity index (χ1v) is 8.54. The van der Waals surface area contributed by atoms with E-state index < -0.39 is 0 Å². The lowest BCUT2D eigenvalue weighted by molar-refractivity contribution is 1.40. The number of H-pyrrole nitrogens is 2. The number of aromatic nitrogens is 2. The smallest absolute Gasteiger partial charge is 0.197 e. The molecule has 0 unspecified atom stereocenters. The molecule has 0 radical (unpaired) electrons. The number of fused-ring (bicyclic) bond motifs is 4. The van der Waals surface area contributed by atoms with Gasteiger partial charge < -0.3 is 9.97 Å². The van der Waals surface area contributed by atoms with E-state index >= 15 is 0 Å². The molecule has 0 aliphatic heterocycles. The van der Waals surface area contributed by atoms with Gasteiger partial charge in [0.2, 0.25) is 0 Å². The Morgan fingerprint density at radius 2 is 1.31 bits per heavy atom. The normalized spacial score (nSPS) is 11.8. The zero-order valence-corrected chi connectivity index (χ0v) is 14.4. The molecule has 0 saturated heterocycles. The number of rotatable bonds is 0. The van der Waals surface area contributed by atoms with Crippen LogP contribution >= 0.6 is 0 Å². The van der Waals surface area contributed by atoms with Gasteiger partial charge in [-0.15, -0.1) is 0 Å². The second-order valence-corrected chi connectivity index (χ2v) is 6.90. The van der Waals surface area contributed by atoms with Crippen LogP contribution in [0.25, 0.3) is 43.6 Å². The molecule has 5 aromatic rings. The standard InChI is InChI=1S/C22H16N2O2/c1-11-6-7-13-17(8-11)23-18-9-16-19(10-15(18)21(13)25)24-20-12(2)4-3-5-14(20)22(16)26/h3-10H,1-2H3,(H,23,25)(H,24,26). The van der Waals surface area contributed by atoms with Crippen LogP contribution in [-0.4, -0.2) is 9.97 Å². The minimum atomic E-state index is -0.0265. The van der Waals surface area contributed by atoms with E-state index in [1.807, 2.05) is 50.2 Å². The quantitative estimate of drug-likeness (QED) is 0.413. The van der Waals surface area contributed by atoms with Crippen LogP contribution in [-0.2, 0) is 0 Å². The first kappa shape index (κ1) is 14.9. The summed E-state index contributed by atoms with van der Waals surface area (Å²) in [6, 6.07) is 15.0. The van der Waals surface area contributed by atoms with Gasteiger partial charge in [0, 0.05) is 27.1 Å². The Kier molecular flexibility index (Phi) is 2.89. The molecule has 3 aromatic carbocycles. The fourth-order valence-electron chi connectivity index (χ4n) is 3.73. The van der Waals surface area contributed by atoms with Gasteiger partial charge in [-0.3, -0.25) is 9.59 Å².